The van der Waals surface area contributed by atoms with E-state index in [1.807, 2.05) is 10.8 Å². The van der Waals surface area contributed by atoms with E-state index in [0.717, 1.165) is 37.4 Å². The molecule has 1 aliphatic rings. The molecule has 3 rings (SSSR count). The number of nitrogens with two attached hydrogens (primary N) is 1. The second kappa shape index (κ2) is 7.68. The summed E-state index contributed by atoms with van der Waals surface area (Å²) >= 11 is 6.13. The van der Waals surface area contributed by atoms with Gasteiger partial charge >= 0.3 is 0 Å². The molecular weight excluding hydrogens is 330 g/mol. The third kappa shape index (κ3) is 4.07. The molecule has 2 heterocycles. The van der Waals surface area contributed by atoms with Crippen molar-refractivity contribution in [3.63, 3.8) is 0 Å². The lowest BCUT2D eigenvalue weighted by molar-refractivity contribution is -0.119. The van der Waals surface area contributed by atoms with Crippen LogP contribution in [0, 0.1) is 0 Å². The van der Waals surface area contributed by atoms with Crippen LogP contribution in [0.4, 0.5) is 0 Å². The maximum absolute atomic E-state index is 11.0. The number of carbonyl (C=O) groups excluding carboxylic acids is 1. The van der Waals surface area contributed by atoms with Gasteiger partial charge in [-0.05, 0) is 37.5 Å². The van der Waals surface area contributed by atoms with E-state index in [1.54, 1.807) is 24.4 Å². The molecule has 128 valence electrons. The molecule has 1 fully saturated rings. The van der Waals surface area contributed by atoms with Gasteiger partial charge in [-0.2, -0.15) is 0 Å². The molecule has 2 N–H and O–H groups in total. The molecule has 0 unspecified atom stereocenters. The number of aromatic nitrogens is 2. The summed E-state index contributed by atoms with van der Waals surface area (Å²) in [6.45, 7) is 1.33. The van der Waals surface area contributed by atoms with Gasteiger partial charge in [-0.3, -0.25) is 4.79 Å². The Morgan fingerprint density at radius 2 is 2.33 bits per heavy atom. The van der Waals surface area contributed by atoms with Crippen molar-refractivity contribution in [1.29, 1.82) is 0 Å². The molecule has 1 amide bonds. The number of halogens is 1. The van der Waals surface area contributed by atoms with Crippen molar-refractivity contribution in [1.82, 2.24) is 9.55 Å². The van der Waals surface area contributed by atoms with E-state index in [-0.39, 0.29) is 12.7 Å². The second-order valence-corrected chi connectivity index (χ2v) is 6.22. The van der Waals surface area contributed by atoms with Crippen molar-refractivity contribution in [3.8, 4) is 17.1 Å². The zero-order valence-electron chi connectivity index (χ0n) is 13.3. The van der Waals surface area contributed by atoms with Gasteiger partial charge in [0, 0.05) is 24.0 Å². The Morgan fingerprint density at radius 1 is 1.46 bits per heavy atom. The summed E-state index contributed by atoms with van der Waals surface area (Å²) < 4.78 is 13.3. The van der Waals surface area contributed by atoms with Gasteiger partial charge in [0.25, 0.3) is 5.91 Å². The van der Waals surface area contributed by atoms with Crippen LogP contribution in [0.2, 0.25) is 5.02 Å². The first-order chi connectivity index (χ1) is 11.6. The van der Waals surface area contributed by atoms with Gasteiger partial charge in [0.1, 0.15) is 11.6 Å². The standard InChI is InChI=1S/C17H20ClN3O3/c18-12-4-5-15(24-11-16(19)22)14(9-12)17-20-6-7-21(17)10-13-3-1-2-8-23-13/h4-7,9,13H,1-3,8,10-11H2,(H2,19,22)/t13-/m1/s1. The molecule has 1 aliphatic heterocycles. The van der Waals surface area contributed by atoms with Crippen molar-refractivity contribution in [3.05, 3.63) is 35.6 Å². The number of imidazole rings is 1. The molecule has 2 aromatic rings. The molecule has 1 saturated heterocycles. The Bertz CT molecular complexity index is 711. The second-order valence-electron chi connectivity index (χ2n) is 5.79. The van der Waals surface area contributed by atoms with Crippen LogP contribution in [0.25, 0.3) is 11.4 Å². The van der Waals surface area contributed by atoms with Crippen LogP contribution in [-0.2, 0) is 16.1 Å². The first-order valence-electron chi connectivity index (χ1n) is 7.97. The number of primary amides is 1. The first kappa shape index (κ1) is 16.8. The molecule has 0 aliphatic carbocycles. The predicted octanol–water partition coefficient (Wildman–Crippen LogP) is 2.64. The quantitative estimate of drug-likeness (QED) is 0.869. The number of rotatable bonds is 6. The molecule has 1 aromatic heterocycles. The normalized spacial score (nSPS) is 17.6. The SMILES string of the molecule is NC(=O)COc1ccc(Cl)cc1-c1nccn1C[C@H]1CCCCO1. The van der Waals surface area contributed by atoms with Gasteiger partial charge in [-0.15, -0.1) is 0 Å². The summed E-state index contributed by atoms with van der Waals surface area (Å²) in [5.41, 5.74) is 5.89. The van der Waals surface area contributed by atoms with Crippen LogP contribution in [-0.4, -0.2) is 34.8 Å². The largest absolute Gasteiger partial charge is 0.483 e. The molecular formula is C17H20ClN3O3. The fourth-order valence-electron chi connectivity index (χ4n) is 2.82. The van der Waals surface area contributed by atoms with E-state index in [2.05, 4.69) is 4.98 Å². The average molecular weight is 350 g/mol. The lowest BCUT2D eigenvalue weighted by Gasteiger charge is -2.23. The summed E-state index contributed by atoms with van der Waals surface area (Å²) in [5, 5.41) is 0.569. The van der Waals surface area contributed by atoms with E-state index < -0.39 is 5.91 Å². The minimum atomic E-state index is -0.533. The van der Waals surface area contributed by atoms with Crippen molar-refractivity contribution in [2.75, 3.05) is 13.2 Å². The van der Waals surface area contributed by atoms with Gasteiger partial charge < -0.3 is 19.8 Å². The molecule has 0 saturated carbocycles. The Kier molecular flexibility index (Phi) is 5.37. The highest BCUT2D eigenvalue weighted by Crippen LogP contribution is 2.32. The summed E-state index contributed by atoms with van der Waals surface area (Å²) in [7, 11) is 0. The maximum Gasteiger partial charge on any atom is 0.255 e. The van der Waals surface area contributed by atoms with Crippen molar-refractivity contribution in [2.45, 2.75) is 31.9 Å². The van der Waals surface area contributed by atoms with Crippen molar-refractivity contribution < 1.29 is 14.3 Å². The molecule has 24 heavy (non-hydrogen) atoms. The molecule has 7 heteroatoms. The van der Waals surface area contributed by atoms with Crippen LogP contribution >= 0.6 is 11.6 Å². The fourth-order valence-corrected chi connectivity index (χ4v) is 3.00. The zero-order valence-corrected chi connectivity index (χ0v) is 14.0. The highest BCUT2D eigenvalue weighted by molar-refractivity contribution is 6.30. The summed E-state index contributed by atoms with van der Waals surface area (Å²) in [5.74, 6) is 0.719. The average Bonchev–Trinajstić information content (AvgIpc) is 3.02. The van der Waals surface area contributed by atoms with Crippen LogP contribution in [0.3, 0.4) is 0 Å². The highest BCUT2D eigenvalue weighted by Gasteiger charge is 2.18. The Hall–Kier alpha value is -2.05. The number of ether oxygens (including phenoxy) is 2. The van der Waals surface area contributed by atoms with Gasteiger partial charge in [0.2, 0.25) is 0 Å². The van der Waals surface area contributed by atoms with E-state index in [0.29, 0.717) is 10.8 Å². The minimum absolute atomic E-state index is 0.181. The van der Waals surface area contributed by atoms with E-state index in [9.17, 15) is 4.79 Å². The molecule has 0 radical (unpaired) electrons. The molecule has 0 bridgehead atoms. The van der Waals surface area contributed by atoms with Gasteiger partial charge in [0.05, 0.1) is 18.2 Å². The molecule has 0 spiro atoms. The van der Waals surface area contributed by atoms with Crippen molar-refractivity contribution in [2.24, 2.45) is 5.73 Å². The number of amides is 1. The summed E-state index contributed by atoms with van der Waals surface area (Å²) in [4.78, 5) is 15.4. The maximum atomic E-state index is 11.0. The first-order valence-corrected chi connectivity index (χ1v) is 8.35. The van der Waals surface area contributed by atoms with Gasteiger partial charge in [-0.25, -0.2) is 4.98 Å². The number of benzene rings is 1. The number of carbonyl (C=O) groups is 1. The van der Waals surface area contributed by atoms with Crippen LogP contribution in [0.15, 0.2) is 30.6 Å². The monoisotopic (exact) mass is 349 g/mol. The number of hydrogen-bond acceptors (Lipinski definition) is 4. The van der Waals surface area contributed by atoms with E-state index in [4.69, 9.17) is 26.8 Å². The number of hydrogen-bond donors (Lipinski definition) is 1. The third-order valence-corrected chi connectivity index (χ3v) is 4.18. The third-order valence-electron chi connectivity index (χ3n) is 3.94. The summed E-state index contributed by atoms with van der Waals surface area (Å²) in [6.07, 6.45) is 7.16. The van der Waals surface area contributed by atoms with Gasteiger partial charge in [-0.1, -0.05) is 11.6 Å². The van der Waals surface area contributed by atoms with Crippen molar-refractivity contribution >= 4 is 17.5 Å². The van der Waals surface area contributed by atoms with Gasteiger partial charge in [0.15, 0.2) is 6.61 Å². The smallest absolute Gasteiger partial charge is 0.255 e. The molecule has 6 nitrogen and oxygen atoms in total. The predicted molar refractivity (Wildman–Crippen MR) is 91.0 cm³/mol. The van der Waals surface area contributed by atoms with Crippen LogP contribution in [0.5, 0.6) is 5.75 Å². The Morgan fingerprint density at radius 3 is 3.08 bits per heavy atom. The lowest BCUT2D eigenvalue weighted by Crippen LogP contribution is -2.24. The minimum Gasteiger partial charge on any atom is -0.483 e. The Labute approximate surface area is 145 Å². The van der Waals surface area contributed by atoms with E-state index >= 15 is 0 Å². The lowest BCUT2D eigenvalue weighted by atomic mass is 10.1. The van der Waals surface area contributed by atoms with Crippen LogP contribution < -0.4 is 10.5 Å². The number of nitrogens with zero attached hydrogens (tertiary/aromatic N) is 2. The zero-order chi connectivity index (χ0) is 16.9. The molecule has 1 atom stereocenters. The fraction of sp³-hybridized carbons (Fsp3) is 0.412. The van der Waals surface area contributed by atoms with Crippen LogP contribution in [0.1, 0.15) is 19.3 Å². The Balaban J connectivity index is 1.86. The molecule has 1 aromatic carbocycles. The summed E-state index contributed by atoms with van der Waals surface area (Å²) in [6, 6.07) is 5.20. The highest BCUT2D eigenvalue weighted by atomic mass is 35.5. The topological polar surface area (TPSA) is 79.4 Å². The van der Waals surface area contributed by atoms with E-state index in [1.165, 1.54) is 6.42 Å².